The van der Waals surface area contributed by atoms with Crippen molar-refractivity contribution in [3.05, 3.63) is 41.9 Å². The van der Waals surface area contributed by atoms with E-state index < -0.39 is 11.7 Å². The van der Waals surface area contributed by atoms with Gasteiger partial charge in [0.25, 0.3) is 11.7 Å². The van der Waals surface area contributed by atoms with E-state index in [4.69, 9.17) is 0 Å². The Morgan fingerprint density at radius 1 is 1.19 bits per heavy atom. The van der Waals surface area contributed by atoms with E-state index in [1.54, 1.807) is 10.9 Å². The molecule has 8 nitrogen and oxygen atoms in total. The fraction of sp³-hybridized carbons (Fsp3) is 0.389. The number of ketones is 1. The molecule has 1 aliphatic rings. The summed E-state index contributed by atoms with van der Waals surface area (Å²) in [5.41, 5.74) is 1.19. The fourth-order valence-electron chi connectivity index (χ4n) is 3.56. The molecule has 3 aromatic rings. The highest BCUT2D eigenvalue weighted by molar-refractivity contribution is 6.44. The van der Waals surface area contributed by atoms with Gasteiger partial charge in [0.1, 0.15) is 0 Å². The number of rotatable bonds is 5. The molecule has 2 N–H and O–H groups in total. The van der Waals surface area contributed by atoms with Crippen molar-refractivity contribution < 1.29 is 9.59 Å². The molecular weight excluding hydrogens is 332 g/mol. The number of aromatic amines is 1. The van der Waals surface area contributed by atoms with Crippen molar-refractivity contribution in [3.63, 3.8) is 0 Å². The number of carbonyl (C=O) groups excluding carboxylic acids is 2. The van der Waals surface area contributed by atoms with E-state index >= 15 is 0 Å². The summed E-state index contributed by atoms with van der Waals surface area (Å²) in [5, 5.41) is 15.2. The Kier molecular flexibility index (Phi) is 4.47. The Morgan fingerprint density at radius 2 is 2.00 bits per heavy atom. The van der Waals surface area contributed by atoms with E-state index in [2.05, 4.69) is 25.8 Å². The van der Waals surface area contributed by atoms with Crippen LogP contribution in [0.1, 0.15) is 54.3 Å². The normalized spacial score (nSPS) is 15.2. The molecule has 1 saturated carbocycles. The molecule has 0 spiro atoms. The van der Waals surface area contributed by atoms with E-state index in [9.17, 15) is 9.59 Å². The number of hydrogen-bond donors (Lipinski definition) is 2. The number of nitrogens with one attached hydrogen (secondary N) is 2. The Labute approximate surface area is 150 Å². The number of aromatic nitrogens is 5. The number of Topliss-reactive ketones (excluding diaryl/α,β-unsaturated/α-hetero) is 1. The molecule has 0 saturated heterocycles. The van der Waals surface area contributed by atoms with Gasteiger partial charge >= 0.3 is 0 Å². The molecule has 0 aliphatic heterocycles. The van der Waals surface area contributed by atoms with Crippen molar-refractivity contribution in [1.29, 1.82) is 0 Å². The average Bonchev–Trinajstić information content (AvgIpc) is 3.33. The monoisotopic (exact) mass is 352 g/mol. The maximum absolute atomic E-state index is 12.5. The zero-order valence-corrected chi connectivity index (χ0v) is 14.3. The van der Waals surface area contributed by atoms with Crippen molar-refractivity contribution in [3.8, 4) is 0 Å². The summed E-state index contributed by atoms with van der Waals surface area (Å²) in [7, 11) is 0. The van der Waals surface area contributed by atoms with Crippen LogP contribution < -0.4 is 5.32 Å². The molecule has 0 radical (unpaired) electrons. The van der Waals surface area contributed by atoms with E-state index in [1.165, 1.54) is 6.42 Å². The molecule has 4 rings (SSSR count). The van der Waals surface area contributed by atoms with Gasteiger partial charge in [-0.1, -0.05) is 37.5 Å². The van der Waals surface area contributed by atoms with Gasteiger partial charge in [0.2, 0.25) is 0 Å². The average molecular weight is 352 g/mol. The number of nitrogens with zero attached hydrogens (tertiary/aromatic N) is 4. The summed E-state index contributed by atoms with van der Waals surface area (Å²) < 4.78 is 1.79. The number of hydrogen-bond acceptors (Lipinski definition) is 5. The minimum Gasteiger partial charge on any atom is -0.360 e. The van der Waals surface area contributed by atoms with Crippen LogP contribution in [0.3, 0.4) is 0 Å². The van der Waals surface area contributed by atoms with Crippen LogP contribution in [0.5, 0.6) is 0 Å². The topological polar surface area (TPSA) is 106 Å². The van der Waals surface area contributed by atoms with Crippen LogP contribution in [0.2, 0.25) is 0 Å². The maximum Gasteiger partial charge on any atom is 0.292 e. The number of benzene rings is 1. The summed E-state index contributed by atoms with van der Waals surface area (Å²) in [5.74, 6) is -0.649. The van der Waals surface area contributed by atoms with Gasteiger partial charge < -0.3 is 10.3 Å². The second-order valence-corrected chi connectivity index (χ2v) is 6.59. The van der Waals surface area contributed by atoms with Crippen LogP contribution in [0.15, 0.2) is 30.5 Å². The van der Waals surface area contributed by atoms with Gasteiger partial charge in [-0.2, -0.15) is 0 Å². The molecule has 1 fully saturated rings. The molecule has 134 valence electrons. The molecule has 0 bridgehead atoms. The fourth-order valence-corrected chi connectivity index (χ4v) is 3.56. The molecule has 2 aromatic heterocycles. The molecule has 8 heteroatoms. The van der Waals surface area contributed by atoms with Crippen LogP contribution in [0.4, 0.5) is 0 Å². The third-order valence-corrected chi connectivity index (χ3v) is 4.93. The first-order valence-corrected chi connectivity index (χ1v) is 8.89. The third-order valence-electron chi connectivity index (χ3n) is 4.93. The highest BCUT2D eigenvalue weighted by Gasteiger charge is 2.23. The van der Waals surface area contributed by atoms with E-state index in [-0.39, 0.29) is 12.6 Å². The van der Waals surface area contributed by atoms with Crippen LogP contribution in [-0.2, 0) is 11.3 Å². The van der Waals surface area contributed by atoms with Crippen molar-refractivity contribution in [1.82, 2.24) is 30.5 Å². The van der Waals surface area contributed by atoms with E-state index in [0.717, 1.165) is 36.6 Å². The SMILES string of the molecule is O=C(NCc1nnnn1C1CCCCC1)C(=O)c1c[nH]c2ccccc12. The number of fused-ring (bicyclic) bond motifs is 1. The summed E-state index contributed by atoms with van der Waals surface area (Å²) in [4.78, 5) is 27.8. The lowest BCUT2D eigenvalue weighted by atomic mass is 9.95. The van der Waals surface area contributed by atoms with Gasteiger partial charge in [-0.25, -0.2) is 4.68 Å². The first-order valence-electron chi connectivity index (χ1n) is 8.89. The standard InChI is InChI=1S/C18H20N6O2/c25-17(14-10-19-15-9-5-4-8-13(14)15)18(26)20-11-16-21-22-23-24(16)12-6-2-1-3-7-12/h4-5,8-10,12,19H,1-3,6-7,11H2,(H,20,26). The molecule has 1 aromatic carbocycles. The highest BCUT2D eigenvalue weighted by atomic mass is 16.2. The Bertz CT molecular complexity index is 938. The summed E-state index contributed by atoms with van der Waals surface area (Å²) in [6.07, 6.45) is 7.22. The molecule has 0 atom stereocenters. The van der Waals surface area contributed by atoms with Crippen LogP contribution in [-0.4, -0.2) is 36.9 Å². The molecule has 2 heterocycles. The van der Waals surface area contributed by atoms with Gasteiger partial charge in [0.05, 0.1) is 18.2 Å². The lowest BCUT2D eigenvalue weighted by Gasteiger charge is -2.22. The largest absolute Gasteiger partial charge is 0.360 e. The summed E-state index contributed by atoms with van der Waals surface area (Å²) in [6.45, 7) is 0.135. The van der Waals surface area contributed by atoms with E-state index in [1.807, 2.05) is 24.3 Å². The first-order chi connectivity index (χ1) is 12.7. The lowest BCUT2D eigenvalue weighted by Crippen LogP contribution is -2.32. The number of para-hydroxylation sites is 1. The predicted molar refractivity (Wildman–Crippen MR) is 94.4 cm³/mol. The van der Waals surface area contributed by atoms with Crippen molar-refractivity contribution >= 4 is 22.6 Å². The highest BCUT2D eigenvalue weighted by Crippen LogP contribution is 2.27. The quantitative estimate of drug-likeness (QED) is 0.541. The molecule has 0 unspecified atom stereocenters. The number of H-pyrrole nitrogens is 1. The second-order valence-electron chi connectivity index (χ2n) is 6.59. The van der Waals surface area contributed by atoms with Gasteiger partial charge in [0, 0.05) is 17.1 Å². The van der Waals surface area contributed by atoms with Crippen LogP contribution in [0.25, 0.3) is 10.9 Å². The summed E-state index contributed by atoms with van der Waals surface area (Å²) in [6, 6.07) is 7.66. The maximum atomic E-state index is 12.5. The van der Waals surface area contributed by atoms with Crippen LogP contribution in [0, 0.1) is 0 Å². The molecule has 1 amide bonds. The van der Waals surface area contributed by atoms with Crippen LogP contribution >= 0.6 is 0 Å². The Morgan fingerprint density at radius 3 is 2.85 bits per heavy atom. The smallest absolute Gasteiger partial charge is 0.292 e. The zero-order valence-electron chi connectivity index (χ0n) is 14.3. The minimum atomic E-state index is -0.659. The van der Waals surface area contributed by atoms with Crippen molar-refractivity contribution in [2.75, 3.05) is 0 Å². The molecule has 1 aliphatic carbocycles. The van der Waals surface area contributed by atoms with E-state index in [0.29, 0.717) is 11.4 Å². The lowest BCUT2D eigenvalue weighted by molar-refractivity contribution is -0.117. The van der Waals surface area contributed by atoms with Gasteiger partial charge in [-0.3, -0.25) is 9.59 Å². The minimum absolute atomic E-state index is 0.135. The number of tetrazole rings is 1. The van der Waals surface area contributed by atoms with Gasteiger partial charge in [0.15, 0.2) is 5.82 Å². The summed E-state index contributed by atoms with van der Waals surface area (Å²) >= 11 is 0. The predicted octanol–water partition coefficient (Wildman–Crippen LogP) is 2.16. The third kappa shape index (κ3) is 3.10. The van der Waals surface area contributed by atoms with Gasteiger partial charge in [-0.05, 0) is 29.3 Å². The Balaban J connectivity index is 1.44. The van der Waals surface area contributed by atoms with Crippen molar-refractivity contribution in [2.45, 2.75) is 44.7 Å². The van der Waals surface area contributed by atoms with Gasteiger partial charge in [-0.15, -0.1) is 5.10 Å². The molecule has 26 heavy (non-hydrogen) atoms. The number of amides is 1. The second kappa shape index (κ2) is 7.07. The zero-order chi connectivity index (χ0) is 17.9. The first kappa shape index (κ1) is 16.4. The van der Waals surface area contributed by atoms with Crippen molar-refractivity contribution in [2.24, 2.45) is 0 Å². The number of carbonyl (C=O) groups is 2. The Hall–Kier alpha value is -3.03. The molecular formula is C18H20N6O2.